The van der Waals surface area contributed by atoms with Crippen molar-refractivity contribution in [3.8, 4) is 23.0 Å². The van der Waals surface area contributed by atoms with Crippen LogP contribution in [0.4, 0.5) is 0 Å². The quantitative estimate of drug-likeness (QED) is 0.436. The molecule has 27 heavy (non-hydrogen) atoms. The molecule has 0 radical (unpaired) electrons. The summed E-state index contributed by atoms with van der Waals surface area (Å²) in [5.41, 5.74) is -1.73. The lowest BCUT2D eigenvalue weighted by Crippen LogP contribution is -2.29. The smallest absolute Gasteiger partial charge is 0.342 e. The fourth-order valence-corrected chi connectivity index (χ4v) is 3.60. The molecule has 0 bridgehead atoms. The van der Waals surface area contributed by atoms with Crippen molar-refractivity contribution in [1.82, 2.24) is 0 Å². The number of fused-ring (bicyclic) bond motifs is 3. The predicted octanol–water partition coefficient (Wildman–Crippen LogP) is 1.69. The molecule has 8 heteroatoms. The van der Waals surface area contributed by atoms with Crippen LogP contribution in [0.2, 0.25) is 0 Å². The number of esters is 1. The van der Waals surface area contributed by atoms with Crippen molar-refractivity contribution in [1.29, 1.82) is 0 Å². The number of ketones is 2. The Labute approximate surface area is 152 Å². The maximum absolute atomic E-state index is 13.0. The van der Waals surface area contributed by atoms with Crippen LogP contribution in [0.25, 0.3) is 0 Å². The predicted molar refractivity (Wildman–Crippen MR) is 89.9 cm³/mol. The second-order valence-electron chi connectivity index (χ2n) is 6.45. The van der Waals surface area contributed by atoms with Crippen LogP contribution in [0.5, 0.6) is 23.0 Å². The molecule has 8 nitrogen and oxygen atoms in total. The molecule has 1 heterocycles. The summed E-state index contributed by atoms with van der Waals surface area (Å²) in [5, 5.41) is 31.4. The lowest BCUT2D eigenvalue weighted by Gasteiger charge is -2.28. The van der Waals surface area contributed by atoms with Gasteiger partial charge in [-0.05, 0) is 13.0 Å². The first kappa shape index (κ1) is 16.9. The Morgan fingerprint density at radius 2 is 1.63 bits per heavy atom. The van der Waals surface area contributed by atoms with E-state index in [9.17, 15) is 29.7 Å². The van der Waals surface area contributed by atoms with Crippen LogP contribution in [0.3, 0.4) is 0 Å². The Morgan fingerprint density at radius 1 is 0.963 bits per heavy atom. The number of phenols is 3. The van der Waals surface area contributed by atoms with Crippen molar-refractivity contribution in [2.45, 2.75) is 19.4 Å². The molecule has 0 fully saturated rings. The van der Waals surface area contributed by atoms with E-state index in [-0.39, 0.29) is 34.4 Å². The van der Waals surface area contributed by atoms with Gasteiger partial charge in [-0.1, -0.05) is 0 Å². The summed E-state index contributed by atoms with van der Waals surface area (Å²) in [4.78, 5) is 38.1. The van der Waals surface area contributed by atoms with Gasteiger partial charge in [-0.25, -0.2) is 4.79 Å². The first-order chi connectivity index (χ1) is 12.8. The summed E-state index contributed by atoms with van der Waals surface area (Å²) in [6.07, 6.45) is -0.495. The molecule has 1 aliphatic heterocycles. The van der Waals surface area contributed by atoms with E-state index in [1.165, 1.54) is 13.2 Å². The summed E-state index contributed by atoms with van der Waals surface area (Å²) in [6, 6.07) is 2.42. The number of carbonyl (C=O) groups excluding carboxylic acids is 3. The van der Waals surface area contributed by atoms with Crippen LogP contribution in [0.15, 0.2) is 12.1 Å². The molecule has 0 saturated carbocycles. The average Bonchev–Trinajstić information content (AvgIpc) is 2.61. The van der Waals surface area contributed by atoms with E-state index >= 15 is 0 Å². The third kappa shape index (κ3) is 2.13. The zero-order chi connectivity index (χ0) is 19.6. The van der Waals surface area contributed by atoms with Gasteiger partial charge >= 0.3 is 5.97 Å². The van der Waals surface area contributed by atoms with Crippen LogP contribution < -0.4 is 4.74 Å². The van der Waals surface area contributed by atoms with Crippen molar-refractivity contribution >= 4 is 17.5 Å². The number of benzene rings is 2. The van der Waals surface area contributed by atoms with Crippen LogP contribution in [0.1, 0.15) is 54.7 Å². The summed E-state index contributed by atoms with van der Waals surface area (Å²) in [7, 11) is 1.33. The van der Waals surface area contributed by atoms with Crippen molar-refractivity contribution in [3.63, 3.8) is 0 Å². The minimum Gasteiger partial charge on any atom is -0.507 e. The molecule has 138 valence electrons. The monoisotopic (exact) mass is 370 g/mol. The highest BCUT2D eigenvalue weighted by atomic mass is 16.5. The number of ether oxygens (including phenoxy) is 2. The van der Waals surface area contributed by atoms with Crippen molar-refractivity contribution < 1.29 is 39.2 Å². The van der Waals surface area contributed by atoms with Gasteiger partial charge in [-0.2, -0.15) is 0 Å². The molecule has 1 aliphatic carbocycles. The maximum atomic E-state index is 13.0. The van der Waals surface area contributed by atoms with Crippen LogP contribution >= 0.6 is 0 Å². The van der Waals surface area contributed by atoms with Gasteiger partial charge in [0.25, 0.3) is 0 Å². The largest absolute Gasteiger partial charge is 0.507 e. The van der Waals surface area contributed by atoms with Gasteiger partial charge in [0, 0.05) is 23.6 Å². The van der Waals surface area contributed by atoms with E-state index < -0.39 is 52.0 Å². The summed E-state index contributed by atoms with van der Waals surface area (Å²) >= 11 is 0. The third-order valence-electron chi connectivity index (χ3n) is 4.80. The van der Waals surface area contributed by atoms with Gasteiger partial charge in [-0.15, -0.1) is 0 Å². The van der Waals surface area contributed by atoms with E-state index in [1.54, 1.807) is 6.92 Å². The van der Waals surface area contributed by atoms with Crippen molar-refractivity contribution in [2.24, 2.45) is 0 Å². The first-order valence-electron chi connectivity index (χ1n) is 8.08. The number of aromatic hydroxyl groups is 3. The lowest BCUT2D eigenvalue weighted by atomic mass is 9.79. The Kier molecular flexibility index (Phi) is 3.42. The van der Waals surface area contributed by atoms with Crippen molar-refractivity contribution in [3.05, 3.63) is 45.5 Å². The van der Waals surface area contributed by atoms with Gasteiger partial charge in [0.1, 0.15) is 34.7 Å². The fourth-order valence-electron chi connectivity index (χ4n) is 3.60. The lowest BCUT2D eigenvalue weighted by molar-refractivity contribution is 0.0293. The third-order valence-corrected chi connectivity index (χ3v) is 4.80. The Balaban J connectivity index is 2.07. The van der Waals surface area contributed by atoms with Crippen LogP contribution in [-0.4, -0.2) is 46.1 Å². The number of hydrogen-bond acceptors (Lipinski definition) is 8. The van der Waals surface area contributed by atoms with E-state index in [4.69, 9.17) is 9.47 Å². The molecule has 4 rings (SSSR count). The molecule has 0 amide bonds. The summed E-state index contributed by atoms with van der Waals surface area (Å²) < 4.78 is 10.1. The molecule has 3 N–H and O–H groups in total. The molecule has 0 spiro atoms. The van der Waals surface area contributed by atoms with Crippen molar-refractivity contribution in [2.75, 3.05) is 7.11 Å². The first-order valence-corrected chi connectivity index (χ1v) is 8.08. The van der Waals surface area contributed by atoms with E-state index in [1.807, 2.05) is 0 Å². The Hall–Kier alpha value is -3.55. The van der Waals surface area contributed by atoms with Gasteiger partial charge in [-0.3, -0.25) is 9.59 Å². The highest BCUT2D eigenvalue weighted by molar-refractivity contribution is 6.32. The number of methoxy groups -OCH3 is 1. The zero-order valence-corrected chi connectivity index (χ0v) is 14.3. The molecular weight excluding hydrogens is 356 g/mol. The highest BCUT2D eigenvalue weighted by Crippen LogP contribution is 2.47. The Bertz CT molecular complexity index is 1070. The number of rotatable bonds is 1. The second kappa shape index (κ2) is 5.47. The van der Waals surface area contributed by atoms with Crippen LogP contribution in [-0.2, 0) is 11.2 Å². The highest BCUT2D eigenvalue weighted by Gasteiger charge is 2.42. The van der Waals surface area contributed by atoms with Gasteiger partial charge in [0.05, 0.1) is 23.8 Å². The topological polar surface area (TPSA) is 130 Å². The molecular formula is C19H14O8. The molecule has 1 atom stereocenters. The second-order valence-corrected chi connectivity index (χ2v) is 6.45. The zero-order valence-electron chi connectivity index (χ0n) is 14.3. The molecule has 2 aromatic carbocycles. The SMILES string of the molecule is COc1cc(O)c2c(c1)C(=O)c1c(O)c3c(c(O)c1C2=O)C(=O)O[C@H](C)C3. The number of hydrogen-bond donors (Lipinski definition) is 3. The Morgan fingerprint density at radius 3 is 2.30 bits per heavy atom. The number of carbonyl (C=O) groups is 3. The van der Waals surface area contributed by atoms with Crippen LogP contribution in [0, 0.1) is 0 Å². The maximum Gasteiger partial charge on any atom is 0.342 e. The van der Waals surface area contributed by atoms with E-state index in [0.29, 0.717) is 0 Å². The minimum atomic E-state index is -0.899. The standard InChI is InChI=1S/C19H14O8/c1-6-3-8-12(19(25)27-6)18(24)14-13(15(8)21)16(22)9-4-7(26-2)5-10(20)11(9)17(14)23/h4-6,20-21,24H,3H2,1-2H3/t6-/m1/s1. The van der Waals surface area contributed by atoms with Gasteiger partial charge in [0.2, 0.25) is 5.78 Å². The average molecular weight is 370 g/mol. The molecule has 0 saturated heterocycles. The molecule has 0 unspecified atom stereocenters. The number of phenolic OH excluding ortho intramolecular Hbond substituents is 3. The van der Waals surface area contributed by atoms with Gasteiger partial charge in [0.15, 0.2) is 5.78 Å². The van der Waals surface area contributed by atoms with Gasteiger partial charge < -0.3 is 24.8 Å². The molecule has 2 aliphatic rings. The summed E-state index contributed by atoms with van der Waals surface area (Å²) in [6.45, 7) is 1.60. The number of cyclic esters (lactones) is 1. The molecule has 2 aromatic rings. The van der Waals surface area contributed by atoms with E-state index in [0.717, 1.165) is 6.07 Å². The molecule has 0 aromatic heterocycles. The van der Waals surface area contributed by atoms with E-state index in [2.05, 4.69) is 0 Å². The normalized spacial score (nSPS) is 17.7. The fraction of sp³-hybridized carbons (Fsp3) is 0.211. The minimum absolute atomic E-state index is 0.0479. The summed E-state index contributed by atoms with van der Waals surface area (Å²) in [5.74, 6) is -4.21.